The first-order valence-corrected chi connectivity index (χ1v) is 10.0. The summed E-state index contributed by atoms with van der Waals surface area (Å²) in [5.41, 5.74) is 4.71. The van der Waals surface area contributed by atoms with E-state index in [-0.39, 0.29) is 12.0 Å². The predicted octanol–water partition coefficient (Wildman–Crippen LogP) is 3.75. The van der Waals surface area contributed by atoms with E-state index in [1.165, 1.54) is 0 Å². The fourth-order valence-corrected chi connectivity index (χ4v) is 3.19. The maximum atomic E-state index is 12.9. The van der Waals surface area contributed by atoms with Crippen molar-refractivity contribution in [3.8, 4) is 0 Å². The van der Waals surface area contributed by atoms with Gasteiger partial charge in [0.05, 0.1) is 12.6 Å². The van der Waals surface area contributed by atoms with Crippen molar-refractivity contribution in [3.63, 3.8) is 0 Å². The maximum Gasteiger partial charge on any atom is 0.258 e. The Kier molecular flexibility index (Phi) is 6.88. The van der Waals surface area contributed by atoms with Crippen LogP contribution in [0, 0.1) is 13.8 Å². The molecule has 1 heterocycles. The van der Waals surface area contributed by atoms with Gasteiger partial charge in [-0.15, -0.1) is 0 Å². The van der Waals surface area contributed by atoms with Gasteiger partial charge in [0, 0.05) is 37.6 Å². The molecule has 0 aliphatic carbocycles. The first-order valence-electron chi connectivity index (χ1n) is 10.0. The first-order chi connectivity index (χ1) is 13.9. The second kappa shape index (κ2) is 9.56. The highest BCUT2D eigenvalue weighted by atomic mass is 16.5. The zero-order valence-electron chi connectivity index (χ0n) is 17.7. The first kappa shape index (κ1) is 20.9. The molecule has 2 N–H and O–H groups in total. The minimum absolute atomic E-state index is 0.111. The van der Waals surface area contributed by atoms with E-state index in [4.69, 9.17) is 4.74 Å². The fraction of sp³-hybridized carbons (Fsp3) is 0.391. The normalized spacial score (nSPS) is 16.6. The molecule has 6 heteroatoms. The molecule has 0 bridgehead atoms. The van der Waals surface area contributed by atoms with Gasteiger partial charge in [0.1, 0.15) is 0 Å². The Morgan fingerprint density at radius 1 is 1.21 bits per heavy atom. The van der Waals surface area contributed by atoms with E-state index in [0.29, 0.717) is 18.1 Å². The molecule has 6 nitrogen and oxygen atoms in total. The molecule has 0 aromatic heterocycles. The van der Waals surface area contributed by atoms with Crippen molar-refractivity contribution in [2.45, 2.75) is 32.8 Å². The average Bonchev–Trinajstić information content (AvgIpc) is 3.22. The molecule has 3 rings (SSSR count). The Morgan fingerprint density at radius 2 is 2.03 bits per heavy atom. The lowest BCUT2D eigenvalue weighted by atomic mass is 10.1. The van der Waals surface area contributed by atoms with Crippen LogP contribution in [0.25, 0.3) is 0 Å². The molecule has 1 aliphatic rings. The Bertz CT molecular complexity index is 886. The van der Waals surface area contributed by atoms with Crippen molar-refractivity contribution in [1.29, 1.82) is 0 Å². The Labute approximate surface area is 173 Å². The number of aliphatic imine (C=N–C) groups is 1. The molecule has 1 saturated heterocycles. The van der Waals surface area contributed by atoms with Gasteiger partial charge in [-0.3, -0.25) is 10.1 Å². The van der Waals surface area contributed by atoms with Gasteiger partial charge in [0.15, 0.2) is 0 Å². The second-order valence-electron chi connectivity index (χ2n) is 7.67. The third-order valence-corrected chi connectivity index (χ3v) is 4.98. The Balaban J connectivity index is 1.80. The maximum absolute atomic E-state index is 12.9. The van der Waals surface area contributed by atoms with Gasteiger partial charge in [-0.25, -0.2) is 4.99 Å². The van der Waals surface area contributed by atoms with E-state index >= 15 is 0 Å². The van der Waals surface area contributed by atoms with Gasteiger partial charge >= 0.3 is 0 Å². The van der Waals surface area contributed by atoms with E-state index in [1.807, 2.05) is 51.0 Å². The second-order valence-corrected chi connectivity index (χ2v) is 7.67. The summed E-state index contributed by atoms with van der Waals surface area (Å²) in [5.74, 6) is 0.243. The molecule has 1 fully saturated rings. The van der Waals surface area contributed by atoms with Gasteiger partial charge in [0.25, 0.3) is 5.91 Å². The third kappa shape index (κ3) is 5.81. The number of hydrogen-bond acceptors (Lipinski definition) is 4. The van der Waals surface area contributed by atoms with Crippen LogP contribution in [0.1, 0.15) is 34.3 Å². The number of aryl methyl sites for hydroxylation is 2. The molecule has 2 aromatic carbocycles. The van der Waals surface area contributed by atoms with Crippen LogP contribution in [0.15, 0.2) is 47.5 Å². The topological polar surface area (TPSA) is 66.0 Å². The highest BCUT2D eigenvalue weighted by Crippen LogP contribution is 2.17. The SMILES string of the molecule is Cc1ccc(C)c(NC(=NCC2CCCO2)NC(=O)c2cccc(N(C)C)c2)c1. The molecule has 0 spiro atoms. The van der Waals surface area contributed by atoms with E-state index in [2.05, 4.69) is 33.8 Å². The van der Waals surface area contributed by atoms with Crippen LogP contribution in [-0.2, 0) is 4.74 Å². The molecule has 2 aromatic rings. The van der Waals surface area contributed by atoms with Crippen LogP contribution in [0.2, 0.25) is 0 Å². The number of nitrogens with one attached hydrogen (secondary N) is 2. The van der Waals surface area contributed by atoms with Crippen molar-refractivity contribution >= 4 is 23.2 Å². The summed E-state index contributed by atoms with van der Waals surface area (Å²) in [5, 5.41) is 6.25. The lowest BCUT2D eigenvalue weighted by Gasteiger charge is -2.16. The van der Waals surface area contributed by atoms with Crippen molar-refractivity contribution < 1.29 is 9.53 Å². The fourth-order valence-electron chi connectivity index (χ4n) is 3.19. The largest absolute Gasteiger partial charge is 0.378 e. The summed E-state index contributed by atoms with van der Waals surface area (Å²) in [7, 11) is 3.90. The van der Waals surface area contributed by atoms with Crippen molar-refractivity contribution in [2.24, 2.45) is 4.99 Å². The average molecular weight is 395 g/mol. The van der Waals surface area contributed by atoms with Gasteiger partial charge in [-0.1, -0.05) is 18.2 Å². The number of nitrogens with zero attached hydrogens (tertiary/aromatic N) is 2. The molecular weight excluding hydrogens is 364 g/mol. The standard InChI is InChI=1S/C23H30N4O2/c1-16-10-11-17(2)21(13-16)25-23(24-15-20-9-6-12-29-20)26-22(28)18-7-5-8-19(14-18)27(3)4/h5,7-8,10-11,13-14,20H,6,9,12,15H2,1-4H3,(H2,24,25,26,28). The minimum Gasteiger partial charge on any atom is -0.378 e. The number of amides is 1. The molecule has 0 radical (unpaired) electrons. The number of rotatable bonds is 5. The molecule has 1 atom stereocenters. The predicted molar refractivity (Wildman–Crippen MR) is 119 cm³/mol. The highest BCUT2D eigenvalue weighted by Gasteiger charge is 2.16. The number of guanidine groups is 1. The summed E-state index contributed by atoms with van der Waals surface area (Å²) in [6.45, 7) is 5.37. The van der Waals surface area contributed by atoms with Crippen LogP contribution < -0.4 is 15.5 Å². The number of benzene rings is 2. The summed E-state index contributed by atoms with van der Waals surface area (Å²) in [4.78, 5) is 19.5. The monoisotopic (exact) mass is 394 g/mol. The van der Waals surface area contributed by atoms with Crippen LogP contribution in [-0.4, -0.2) is 45.2 Å². The molecule has 1 amide bonds. The Morgan fingerprint density at radius 3 is 2.76 bits per heavy atom. The van der Waals surface area contributed by atoms with Crippen molar-refractivity contribution in [3.05, 3.63) is 59.2 Å². The molecule has 0 saturated carbocycles. The highest BCUT2D eigenvalue weighted by molar-refractivity contribution is 6.10. The minimum atomic E-state index is -0.197. The molecule has 1 aliphatic heterocycles. The van der Waals surface area contributed by atoms with E-state index in [1.54, 1.807) is 6.07 Å². The summed E-state index contributed by atoms with van der Waals surface area (Å²) in [6, 6.07) is 13.7. The number of ether oxygens (including phenoxy) is 1. The molecule has 29 heavy (non-hydrogen) atoms. The molecule has 154 valence electrons. The van der Waals surface area contributed by atoms with Gasteiger partial charge < -0.3 is 15.0 Å². The quantitative estimate of drug-likeness (QED) is 0.599. The zero-order valence-corrected chi connectivity index (χ0v) is 17.7. The lowest BCUT2D eigenvalue weighted by molar-refractivity contribution is 0.0975. The number of carbonyl (C=O) groups is 1. The van der Waals surface area contributed by atoms with Crippen LogP contribution in [0.4, 0.5) is 11.4 Å². The third-order valence-electron chi connectivity index (χ3n) is 4.98. The smallest absolute Gasteiger partial charge is 0.258 e. The van der Waals surface area contributed by atoms with E-state index < -0.39 is 0 Å². The lowest BCUT2D eigenvalue weighted by Crippen LogP contribution is -2.37. The Hall–Kier alpha value is -2.86. The van der Waals surface area contributed by atoms with Gasteiger partial charge in [-0.2, -0.15) is 0 Å². The molecular formula is C23H30N4O2. The van der Waals surface area contributed by atoms with E-state index in [0.717, 1.165) is 42.0 Å². The summed E-state index contributed by atoms with van der Waals surface area (Å²) < 4.78 is 5.68. The van der Waals surface area contributed by atoms with Gasteiger partial charge in [-0.05, 0) is 62.1 Å². The number of anilines is 2. The summed E-state index contributed by atoms with van der Waals surface area (Å²) in [6.07, 6.45) is 2.17. The summed E-state index contributed by atoms with van der Waals surface area (Å²) >= 11 is 0. The van der Waals surface area contributed by atoms with E-state index in [9.17, 15) is 4.79 Å². The van der Waals surface area contributed by atoms with Gasteiger partial charge in [0.2, 0.25) is 5.96 Å². The van der Waals surface area contributed by atoms with Crippen molar-refractivity contribution in [1.82, 2.24) is 5.32 Å². The molecule has 1 unspecified atom stereocenters. The zero-order chi connectivity index (χ0) is 20.8. The van der Waals surface area contributed by atoms with Crippen molar-refractivity contribution in [2.75, 3.05) is 37.5 Å². The van der Waals surface area contributed by atoms with Crippen LogP contribution in [0.5, 0.6) is 0 Å². The number of carbonyl (C=O) groups excluding carboxylic acids is 1. The van der Waals surface area contributed by atoms with Crippen LogP contribution in [0.3, 0.4) is 0 Å². The number of hydrogen-bond donors (Lipinski definition) is 2. The van der Waals surface area contributed by atoms with Crippen LogP contribution >= 0.6 is 0 Å².